The van der Waals surface area contributed by atoms with E-state index in [0.717, 1.165) is 21.2 Å². The second kappa shape index (κ2) is 11.3. The zero-order valence-corrected chi connectivity index (χ0v) is 24.3. The number of aryl methyl sites for hydroxylation is 2. The molecule has 2 heterocycles. The summed E-state index contributed by atoms with van der Waals surface area (Å²) in [6.07, 6.45) is 13.4. The van der Waals surface area contributed by atoms with Crippen LogP contribution in [0.4, 0.5) is 5.69 Å². The number of anilines is 1. The third-order valence-electron chi connectivity index (χ3n) is 6.64. The van der Waals surface area contributed by atoms with Crippen LogP contribution in [0.25, 0.3) is 17.0 Å². The molecule has 8 heteroatoms. The summed E-state index contributed by atoms with van der Waals surface area (Å²) >= 11 is 3.59. The van der Waals surface area contributed by atoms with Gasteiger partial charge in [-0.05, 0) is 69.0 Å². The first-order chi connectivity index (χ1) is 18.2. The summed E-state index contributed by atoms with van der Waals surface area (Å²) in [5.41, 5.74) is 5.80. The molecule has 0 amide bonds. The average Bonchev–Trinajstić information content (AvgIpc) is 3.61. The minimum absolute atomic E-state index is 0.295. The van der Waals surface area contributed by atoms with Crippen LogP contribution in [0.2, 0.25) is 0 Å². The van der Waals surface area contributed by atoms with Crippen molar-refractivity contribution in [2.24, 2.45) is 7.05 Å². The molecule has 0 spiro atoms. The number of aromatic nitrogens is 1. The zero-order valence-electron chi connectivity index (χ0n) is 21.9. The van der Waals surface area contributed by atoms with Gasteiger partial charge < -0.3 is 9.45 Å². The van der Waals surface area contributed by atoms with E-state index in [0.29, 0.717) is 18.2 Å². The topological polar surface area (TPSA) is 64.3 Å². The Kier molecular flexibility index (Phi) is 8.05. The van der Waals surface area contributed by atoms with E-state index in [2.05, 4.69) is 103 Å². The van der Waals surface area contributed by atoms with Gasteiger partial charge in [-0.1, -0.05) is 47.2 Å². The molecule has 2 aromatic carbocycles. The van der Waals surface area contributed by atoms with Gasteiger partial charge in [-0.15, -0.1) is 11.8 Å². The van der Waals surface area contributed by atoms with E-state index in [1.807, 2.05) is 11.8 Å². The molecule has 3 aromatic rings. The average molecular weight is 565 g/mol. The van der Waals surface area contributed by atoms with Gasteiger partial charge in [0.25, 0.3) is 0 Å². The molecule has 0 bridgehead atoms. The van der Waals surface area contributed by atoms with Crippen molar-refractivity contribution in [2.75, 3.05) is 17.2 Å². The number of fused-ring (bicyclic) bond motifs is 2. The zero-order chi connectivity index (χ0) is 26.9. The molecule has 38 heavy (non-hydrogen) atoms. The van der Waals surface area contributed by atoms with Crippen LogP contribution >= 0.6 is 23.5 Å². The van der Waals surface area contributed by atoms with Crippen LogP contribution in [0, 0.1) is 6.92 Å². The number of pyridine rings is 1. The first-order valence-electron chi connectivity index (χ1n) is 12.8. The number of benzene rings is 2. The van der Waals surface area contributed by atoms with Crippen molar-refractivity contribution in [2.45, 2.75) is 48.2 Å². The van der Waals surface area contributed by atoms with Crippen molar-refractivity contribution >= 4 is 56.3 Å². The molecule has 1 aliphatic carbocycles. The van der Waals surface area contributed by atoms with Gasteiger partial charge in [0.05, 0.1) is 26.2 Å². The minimum atomic E-state index is -4.24. The lowest BCUT2D eigenvalue weighted by molar-refractivity contribution is -0.644. The normalized spacial score (nSPS) is 17.2. The van der Waals surface area contributed by atoms with Crippen molar-refractivity contribution in [1.82, 2.24) is 0 Å². The fourth-order valence-corrected chi connectivity index (χ4v) is 7.10. The summed E-state index contributed by atoms with van der Waals surface area (Å²) < 4.78 is 35.8. The molecule has 1 aliphatic heterocycles. The van der Waals surface area contributed by atoms with E-state index in [1.54, 1.807) is 11.8 Å². The van der Waals surface area contributed by atoms with E-state index in [9.17, 15) is 13.0 Å². The lowest BCUT2D eigenvalue weighted by atomic mass is 10.0. The molecule has 2 aliphatic rings. The number of allylic oxidation sites excluding steroid dienone is 4. The lowest BCUT2D eigenvalue weighted by Crippen LogP contribution is -2.28. The molecule has 0 N–H and O–H groups in total. The van der Waals surface area contributed by atoms with Crippen molar-refractivity contribution in [1.29, 1.82) is 0 Å². The molecule has 198 valence electrons. The molecule has 0 unspecified atom stereocenters. The molecule has 0 radical (unpaired) electrons. The molecule has 5 nitrogen and oxygen atoms in total. The number of rotatable bonds is 9. The monoisotopic (exact) mass is 564 g/mol. The van der Waals surface area contributed by atoms with Crippen LogP contribution in [0.15, 0.2) is 87.3 Å². The first kappa shape index (κ1) is 27.1. The Morgan fingerprint density at radius 2 is 2.03 bits per heavy atom. The molecule has 1 fully saturated rings. The van der Waals surface area contributed by atoms with Gasteiger partial charge in [0.2, 0.25) is 5.52 Å². The third kappa shape index (κ3) is 6.72. The summed E-state index contributed by atoms with van der Waals surface area (Å²) in [5, 5.41) is 2.97. The van der Waals surface area contributed by atoms with Gasteiger partial charge in [-0.2, -0.15) is 0 Å². The largest absolute Gasteiger partial charge is 0.748 e. The van der Waals surface area contributed by atoms with Crippen molar-refractivity contribution in [3.63, 3.8) is 0 Å². The molecule has 0 atom stereocenters. The van der Waals surface area contributed by atoms with Gasteiger partial charge in [0.1, 0.15) is 7.05 Å². The molecule has 1 saturated carbocycles. The molecular weight excluding hydrogens is 533 g/mol. The fourth-order valence-electron chi connectivity index (χ4n) is 4.46. The summed E-state index contributed by atoms with van der Waals surface area (Å²) in [4.78, 5) is 4.55. The van der Waals surface area contributed by atoms with Gasteiger partial charge in [-0.3, -0.25) is 0 Å². The standard InChI is InChI=1S/C30H32N2O3S3/c1-21(5-8-23-15-17-31(3)27-12-6-22(2)19-26(23)27)7-14-30-32(16-4-18-38(33,34)35)28-20-25(36-24-9-10-24)11-13-29(28)37-30/h5-8,11-15,17,19-20,24H,4,9-10,16,18H2,1-3H3. The maximum atomic E-state index is 11.2. The van der Waals surface area contributed by atoms with Crippen LogP contribution in [-0.2, 0) is 17.2 Å². The highest BCUT2D eigenvalue weighted by Crippen LogP contribution is 2.49. The lowest BCUT2D eigenvalue weighted by Gasteiger charge is -2.21. The predicted octanol–water partition coefficient (Wildman–Crippen LogP) is 6.58. The van der Waals surface area contributed by atoms with Gasteiger partial charge in [0, 0.05) is 39.5 Å². The number of hydrogen-bond donors (Lipinski definition) is 0. The van der Waals surface area contributed by atoms with Gasteiger partial charge in [-0.25, -0.2) is 13.0 Å². The van der Waals surface area contributed by atoms with E-state index >= 15 is 0 Å². The Bertz CT molecular complexity index is 1570. The van der Waals surface area contributed by atoms with Gasteiger partial charge >= 0.3 is 0 Å². The SMILES string of the molecule is CC(/C=C/c1cc[n+](C)c2ccc(C)cc12)=C\C=C1\Sc2ccc(SC3CC3)cc2N1CCCS(=O)(=O)[O-]. The van der Waals surface area contributed by atoms with Crippen LogP contribution < -0.4 is 9.47 Å². The predicted molar refractivity (Wildman–Crippen MR) is 158 cm³/mol. The number of nitrogens with zero attached hydrogens (tertiary/aromatic N) is 2. The number of thioether (sulfide) groups is 2. The van der Waals surface area contributed by atoms with Crippen LogP contribution in [0.5, 0.6) is 0 Å². The second-order valence-electron chi connectivity index (χ2n) is 9.97. The van der Waals surface area contributed by atoms with E-state index in [1.165, 1.54) is 39.8 Å². The summed E-state index contributed by atoms with van der Waals surface area (Å²) in [7, 11) is -2.18. The molecule has 5 rings (SSSR count). The Balaban J connectivity index is 1.38. The van der Waals surface area contributed by atoms with Crippen LogP contribution in [-0.4, -0.2) is 30.5 Å². The van der Waals surface area contributed by atoms with E-state index in [-0.39, 0.29) is 5.75 Å². The van der Waals surface area contributed by atoms with Crippen LogP contribution in [0.1, 0.15) is 37.3 Å². The summed E-state index contributed by atoms with van der Waals surface area (Å²) in [6.45, 7) is 4.68. The Hall–Kier alpha value is -2.52. The number of hydrogen-bond acceptors (Lipinski definition) is 6. The molecule has 0 saturated heterocycles. The highest BCUT2D eigenvalue weighted by atomic mass is 32.2. The second-order valence-corrected chi connectivity index (χ2v) is 13.9. The highest BCUT2D eigenvalue weighted by Gasteiger charge is 2.27. The van der Waals surface area contributed by atoms with Crippen LogP contribution in [0.3, 0.4) is 0 Å². The third-order valence-corrected chi connectivity index (χ3v) is 9.89. The Labute approximate surface area is 234 Å². The minimum Gasteiger partial charge on any atom is -0.748 e. The van der Waals surface area contributed by atoms with Crippen molar-refractivity contribution in [3.8, 4) is 0 Å². The Morgan fingerprint density at radius 3 is 2.79 bits per heavy atom. The maximum Gasteiger partial charge on any atom is 0.212 e. The van der Waals surface area contributed by atoms with E-state index in [4.69, 9.17) is 0 Å². The Morgan fingerprint density at radius 1 is 1.21 bits per heavy atom. The smallest absolute Gasteiger partial charge is 0.212 e. The van der Waals surface area contributed by atoms with Gasteiger partial charge in [0.15, 0.2) is 6.20 Å². The molecule has 1 aromatic heterocycles. The first-order valence-corrected chi connectivity index (χ1v) is 16.1. The summed E-state index contributed by atoms with van der Waals surface area (Å²) in [6, 6.07) is 15.2. The van der Waals surface area contributed by atoms with E-state index < -0.39 is 10.1 Å². The fraction of sp³-hybridized carbons (Fsp3) is 0.300. The van der Waals surface area contributed by atoms with Crippen molar-refractivity contribution < 1.29 is 17.5 Å². The highest BCUT2D eigenvalue weighted by molar-refractivity contribution is 8.03. The maximum absolute atomic E-state index is 11.2. The van der Waals surface area contributed by atoms with Crippen molar-refractivity contribution in [3.05, 3.63) is 88.6 Å². The molecular formula is C30H32N2O3S3. The summed E-state index contributed by atoms with van der Waals surface area (Å²) in [5.74, 6) is -0.354. The quantitative estimate of drug-likeness (QED) is 0.166.